The zero-order chi connectivity index (χ0) is 25.8. The molecule has 0 fully saturated rings. The zero-order valence-electron chi connectivity index (χ0n) is 21.9. The minimum atomic E-state index is -0.887. The fraction of sp³-hybridized carbons (Fsp3) is 0.367. The van der Waals surface area contributed by atoms with Gasteiger partial charge in [-0.05, 0) is 74.1 Å². The number of nitrogens with one attached hydrogen (secondary N) is 1. The Balaban J connectivity index is 2.18. The highest BCUT2D eigenvalue weighted by molar-refractivity contribution is 6.10. The third kappa shape index (κ3) is 6.56. The minimum Gasteiger partial charge on any atom is -0.349 e. The monoisotopic (exact) mass is 471 g/mol. The number of carbonyl (C=O) groups excluding carboxylic acids is 2. The first kappa shape index (κ1) is 26.1. The second-order valence-electron chi connectivity index (χ2n) is 11.0. The highest BCUT2D eigenvalue weighted by atomic mass is 16.2. The fourth-order valence-corrected chi connectivity index (χ4v) is 3.92. The SMILES string of the molecule is CCc1ccc(C(=O)N(c2ccc(C(C)(C)C)cc2)C(C(=O)NC(C)(C)C)c2cccnc2)cc1. The van der Waals surface area contributed by atoms with E-state index in [-0.39, 0.29) is 17.2 Å². The second kappa shape index (κ2) is 10.4. The lowest BCUT2D eigenvalue weighted by Crippen LogP contribution is -2.49. The lowest BCUT2D eigenvalue weighted by Gasteiger charge is -2.34. The van der Waals surface area contributed by atoms with Crippen molar-refractivity contribution in [3.8, 4) is 0 Å². The van der Waals surface area contributed by atoms with E-state index in [4.69, 9.17) is 0 Å². The van der Waals surface area contributed by atoms with Gasteiger partial charge in [0.25, 0.3) is 5.91 Å². The van der Waals surface area contributed by atoms with Crippen LogP contribution in [-0.4, -0.2) is 22.3 Å². The molecule has 0 radical (unpaired) electrons. The van der Waals surface area contributed by atoms with Crippen LogP contribution in [0.3, 0.4) is 0 Å². The van der Waals surface area contributed by atoms with Crippen molar-refractivity contribution in [2.24, 2.45) is 0 Å². The number of pyridine rings is 1. The van der Waals surface area contributed by atoms with E-state index in [0.29, 0.717) is 16.8 Å². The van der Waals surface area contributed by atoms with Gasteiger partial charge in [0.15, 0.2) is 0 Å². The maximum atomic E-state index is 14.0. The lowest BCUT2D eigenvalue weighted by molar-refractivity contribution is -0.123. The Morgan fingerprint density at radius 2 is 1.54 bits per heavy atom. The maximum Gasteiger partial charge on any atom is 0.259 e. The van der Waals surface area contributed by atoms with Crippen molar-refractivity contribution in [3.05, 3.63) is 95.3 Å². The summed E-state index contributed by atoms with van der Waals surface area (Å²) in [5, 5.41) is 3.07. The molecule has 3 rings (SSSR count). The summed E-state index contributed by atoms with van der Waals surface area (Å²) in [4.78, 5) is 33.6. The molecule has 5 heteroatoms. The minimum absolute atomic E-state index is 0.0320. The molecule has 0 aliphatic rings. The third-order valence-corrected chi connectivity index (χ3v) is 5.84. The molecule has 2 amide bonds. The Hall–Kier alpha value is -3.47. The summed E-state index contributed by atoms with van der Waals surface area (Å²) in [5.74, 6) is -0.502. The second-order valence-corrected chi connectivity index (χ2v) is 11.0. The molecule has 5 nitrogen and oxygen atoms in total. The molecule has 0 spiro atoms. The first-order chi connectivity index (χ1) is 16.4. The molecule has 1 N–H and O–H groups in total. The maximum absolute atomic E-state index is 14.0. The summed E-state index contributed by atoms with van der Waals surface area (Å²) in [5.41, 5.74) is 3.63. The van der Waals surface area contributed by atoms with Gasteiger partial charge in [-0.25, -0.2) is 0 Å². The molecule has 1 aromatic heterocycles. The average Bonchev–Trinajstić information content (AvgIpc) is 2.81. The van der Waals surface area contributed by atoms with Gasteiger partial charge in [0, 0.05) is 34.7 Å². The van der Waals surface area contributed by atoms with E-state index in [9.17, 15) is 9.59 Å². The Bertz CT molecular complexity index is 1140. The molecular formula is C30H37N3O2. The Morgan fingerprint density at radius 3 is 2.03 bits per heavy atom. The smallest absolute Gasteiger partial charge is 0.259 e. The zero-order valence-corrected chi connectivity index (χ0v) is 21.9. The Labute approximate surface area is 209 Å². The molecule has 35 heavy (non-hydrogen) atoms. The van der Waals surface area contributed by atoms with Gasteiger partial charge in [0.05, 0.1) is 0 Å². The van der Waals surface area contributed by atoms with Crippen LogP contribution in [0.1, 0.15) is 81.6 Å². The molecular weight excluding hydrogens is 434 g/mol. The van der Waals surface area contributed by atoms with Crippen LogP contribution in [0.4, 0.5) is 5.69 Å². The number of anilines is 1. The van der Waals surface area contributed by atoms with Gasteiger partial charge in [-0.3, -0.25) is 19.5 Å². The van der Waals surface area contributed by atoms with Crippen molar-refractivity contribution >= 4 is 17.5 Å². The highest BCUT2D eigenvalue weighted by Gasteiger charge is 2.35. The van der Waals surface area contributed by atoms with Gasteiger partial charge in [-0.2, -0.15) is 0 Å². The van der Waals surface area contributed by atoms with E-state index in [2.05, 4.69) is 38.0 Å². The molecule has 0 saturated heterocycles. The van der Waals surface area contributed by atoms with Gasteiger partial charge in [-0.1, -0.05) is 58.0 Å². The number of benzene rings is 2. The largest absolute Gasteiger partial charge is 0.349 e. The number of aromatic nitrogens is 1. The van der Waals surface area contributed by atoms with Crippen LogP contribution in [0.25, 0.3) is 0 Å². The van der Waals surface area contributed by atoms with E-state index in [1.54, 1.807) is 23.4 Å². The van der Waals surface area contributed by atoms with Crippen LogP contribution >= 0.6 is 0 Å². The van der Waals surface area contributed by atoms with Crippen molar-refractivity contribution in [2.45, 2.75) is 71.9 Å². The summed E-state index contributed by atoms with van der Waals surface area (Å²) >= 11 is 0. The highest BCUT2D eigenvalue weighted by Crippen LogP contribution is 2.32. The van der Waals surface area contributed by atoms with Crippen molar-refractivity contribution < 1.29 is 9.59 Å². The molecule has 0 aliphatic heterocycles. The summed E-state index contributed by atoms with van der Waals surface area (Å²) in [7, 11) is 0. The number of aryl methyl sites for hydroxylation is 1. The summed E-state index contributed by atoms with van der Waals surface area (Å²) in [6, 6.07) is 18.2. The quantitative estimate of drug-likeness (QED) is 0.463. The normalized spacial score (nSPS) is 12.7. The molecule has 2 aromatic carbocycles. The van der Waals surface area contributed by atoms with Crippen molar-refractivity contribution in [1.82, 2.24) is 10.3 Å². The van der Waals surface area contributed by atoms with E-state index >= 15 is 0 Å². The molecule has 1 heterocycles. The molecule has 1 unspecified atom stereocenters. The molecule has 0 aliphatic carbocycles. The van der Waals surface area contributed by atoms with Crippen LogP contribution in [0, 0.1) is 0 Å². The average molecular weight is 472 g/mol. The first-order valence-electron chi connectivity index (χ1n) is 12.2. The number of amides is 2. The Morgan fingerprint density at radius 1 is 0.914 bits per heavy atom. The van der Waals surface area contributed by atoms with E-state index in [1.807, 2.05) is 75.4 Å². The number of rotatable bonds is 6. The summed E-state index contributed by atoms with van der Waals surface area (Å²) in [6.45, 7) is 14.3. The van der Waals surface area contributed by atoms with Crippen LogP contribution in [0.5, 0.6) is 0 Å². The van der Waals surface area contributed by atoms with Crippen molar-refractivity contribution in [1.29, 1.82) is 0 Å². The van der Waals surface area contributed by atoms with E-state index < -0.39 is 11.6 Å². The predicted octanol–water partition coefficient (Wildman–Crippen LogP) is 6.24. The standard InChI is InChI=1S/C30H37N3O2/c1-8-21-11-13-22(14-12-21)28(35)33(25-17-15-24(16-18-25)29(2,3)4)26(23-10-9-19-31-20-23)27(34)32-30(5,6)7/h9-20,26H,8H2,1-7H3,(H,32,34). The number of carbonyl (C=O) groups is 2. The van der Waals surface area contributed by atoms with Crippen LogP contribution in [-0.2, 0) is 16.6 Å². The van der Waals surface area contributed by atoms with Crippen molar-refractivity contribution in [2.75, 3.05) is 4.90 Å². The lowest BCUT2D eigenvalue weighted by atomic mass is 9.87. The molecule has 0 saturated carbocycles. The summed E-state index contributed by atoms with van der Waals surface area (Å²) in [6.07, 6.45) is 4.20. The fourth-order valence-electron chi connectivity index (χ4n) is 3.92. The molecule has 0 bridgehead atoms. The number of hydrogen-bond donors (Lipinski definition) is 1. The first-order valence-corrected chi connectivity index (χ1v) is 12.2. The van der Waals surface area contributed by atoms with Crippen LogP contribution in [0.2, 0.25) is 0 Å². The number of nitrogens with zero attached hydrogens (tertiary/aromatic N) is 2. The van der Waals surface area contributed by atoms with Gasteiger partial charge < -0.3 is 5.32 Å². The van der Waals surface area contributed by atoms with Gasteiger partial charge in [0.2, 0.25) is 5.91 Å². The third-order valence-electron chi connectivity index (χ3n) is 5.84. The van der Waals surface area contributed by atoms with Gasteiger partial charge in [0.1, 0.15) is 6.04 Å². The van der Waals surface area contributed by atoms with Crippen molar-refractivity contribution in [3.63, 3.8) is 0 Å². The molecule has 1 atom stereocenters. The van der Waals surface area contributed by atoms with Gasteiger partial charge >= 0.3 is 0 Å². The Kier molecular flexibility index (Phi) is 7.79. The van der Waals surface area contributed by atoms with Gasteiger partial charge in [-0.15, -0.1) is 0 Å². The summed E-state index contributed by atoms with van der Waals surface area (Å²) < 4.78 is 0. The predicted molar refractivity (Wildman–Crippen MR) is 143 cm³/mol. The van der Waals surface area contributed by atoms with Crippen LogP contribution < -0.4 is 10.2 Å². The molecule has 3 aromatic rings. The topological polar surface area (TPSA) is 62.3 Å². The van der Waals surface area contributed by atoms with Crippen LogP contribution in [0.15, 0.2) is 73.1 Å². The number of hydrogen-bond acceptors (Lipinski definition) is 3. The van der Waals surface area contributed by atoms with E-state index in [0.717, 1.165) is 17.5 Å². The molecule has 184 valence electrons. The van der Waals surface area contributed by atoms with E-state index in [1.165, 1.54) is 0 Å².